The SMILES string of the molecule is NNc1nncc2ccccc12.NS(=O)(=O)c1cc2c(cc1Cl)NCNS2(=O)=O. The van der Waals surface area contributed by atoms with Gasteiger partial charge in [-0.05, 0) is 12.1 Å². The first-order chi connectivity index (χ1) is 13.6. The van der Waals surface area contributed by atoms with Gasteiger partial charge in [-0.3, -0.25) is 0 Å². The molecule has 1 aromatic heterocycles. The van der Waals surface area contributed by atoms with Gasteiger partial charge in [0.1, 0.15) is 9.79 Å². The number of hydrogen-bond acceptors (Lipinski definition) is 9. The van der Waals surface area contributed by atoms with Gasteiger partial charge in [0.15, 0.2) is 5.82 Å². The van der Waals surface area contributed by atoms with Crippen molar-refractivity contribution >= 4 is 53.9 Å². The Bertz CT molecular complexity index is 1280. The van der Waals surface area contributed by atoms with Crippen molar-refractivity contribution in [2.24, 2.45) is 11.0 Å². The Morgan fingerprint density at radius 3 is 2.62 bits per heavy atom. The lowest BCUT2D eigenvalue weighted by Gasteiger charge is -2.20. The van der Waals surface area contributed by atoms with Gasteiger partial charge in [0.05, 0.1) is 23.6 Å². The van der Waals surface area contributed by atoms with E-state index in [0.29, 0.717) is 5.82 Å². The highest BCUT2D eigenvalue weighted by Gasteiger charge is 2.26. The molecule has 0 saturated heterocycles. The minimum absolute atomic E-state index is 0.0143. The van der Waals surface area contributed by atoms with Gasteiger partial charge in [-0.2, -0.15) is 9.82 Å². The second-order valence-electron chi connectivity index (χ2n) is 5.75. The molecule has 1 aliphatic rings. The fourth-order valence-electron chi connectivity index (χ4n) is 2.55. The summed E-state index contributed by atoms with van der Waals surface area (Å²) in [5.41, 5.74) is 2.73. The summed E-state index contributed by atoms with van der Waals surface area (Å²) in [7, 11) is -7.80. The summed E-state index contributed by atoms with van der Waals surface area (Å²) in [6, 6.07) is 9.94. The molecule has 11 nitrogen and oxygen atoms in total. The highest BCUT2D eigenvalue weighted by Crippen LogP contribution is 2.32. The smallest absolute Gasteiger partial charge is 0.244 e. The molecule has 3 aromatic rings. The fraction of sp³-hybridized carbons (Fsp3) is 0.0667. The topological polar surface area (TPSA) is 182 Å². The summed E-state index contributed by atoms with van der Waals surface area (Å²) in [4.78, 5) is -0.621. The Kier molecular flexibility index (Phi) is 5.88. The zero-order valence-electron chi connectivity index (χ0n) is 14.6. The predicted molar refractivity (Wildman–Crippen MR) is 109 cm³/mol. The number of nitrogens with one attached hydrogen (secondary N) is 3. The minimum atomic E-state index is -4.07. The van der Waals surface area contributed by atoms with Crippen LogP contribution < -0.4 is 26.4 Å². The van der Waals surface area contributed by atoms with E-state index in [1.54, 1.807) is 6.20 Å². The van der Waals surface area contributed by atoms with E-state index >= 15 is 0 Å². The van der Waals surface area contributed by atoms with Gasteiger partial charge in [0.2, 0.25) is 20.0 Å². The molecular formula is C15H16ClN7O4S2. The summed E-state index contributed by atoms with van der Waals surface area (Å²) >= 11 is 5.72. The molecule has 154 valence electrons. The first-order valence-corrected chi connectivity index (χ1v) is 11.3. The Labute approximate surface area is 171 Å². The molecule has 0 aliphatic carbocycles. The summed E-state index contributed by atoms with van der Waals surface area (Å²) < 4.78 is 47.9. The Hall–Kier alpha value is -2.55. The van der Waals surface area contributed by atoms with E-state index in [9.17, 15) is 16.8 Å². The van der Waals surface area contributed by atoms with E-state index in [1.165, 1.54) is 6.07 Å². The van der Waals surface area contributed by atoms with E-state index in [1.807, 2.05) is 24.3 Å². The quantitative estimate of drug-likeness (QED) is 0.271. The first-order valence-electron chi connectivity index (χ1n) is 7.90. The lowest BCUT2D eigenvalue weighted by molar-refractivity contribution is 0.581. The molecule has 0 saturated carbocycles. The number of hydrazine groups is 1. The van der Waals surface area contributed by atoms with E-state index in [2.05, 4.69) is 25.7 Å². The average Bonchev–Trinajstić information content (AvgIpc) is 2.66. The van der Waals surface area contributed by atoms with Crippen molar-refractivity contribution in [1.29, 1.82) is 0 Å². The number of aromatic nitrogens is 2. The maximum Gasteiger partial charge on any atom is 0.244 e. The van der Waals surface area contributed by atoms with Crippen LogP contribution in [0.25, 0.3) is 10.8 Å². The van der Waals surface area contributed by atoms with Gasteiger partial charge < -0.3 is 10.7 Å². The van der Waals surface area contributed by atoms with Gasteiger partial charge in [0, 0.05) is 10.8 Å². The van der Waals surface area contributed by atoms with Crippen LogP contribution in [0.15, 0.2) is 52.4 Å². The third-order valence-electron chi connectivity index (χ3n) is 3.88. The second kappa shape index (κ2) is 8.06. The molecule has 0 spiro atoms. The van der Waals surface area contributed by atoms with Crippen LogP contribution in [-0.4, -0.2) is 33.7 Å². The summed E-state index contributed by atoms with van der Waals surface area (Å²) in [5, 5.41) is 17.2. The van der Waals surface area contributed by atoms with Crippen LogP contribution in [0.4, 0.5) is 11.5 Å². The van der Waals surface area contributed by atoms with Gasteiger partial charge in [-0.25, -0.2) is 27.8 Å². The van der Waals surface area contributed by atoms with Crippen molar-refractivity contribution in [3.63, 3.8) is 0 Å². The number of primary sulfonamides is 1. The molecular weight excluding hydrogens is 442 g/mol. The van der Waals surface area contributed by atoms with Crippen molar-refractivity contribution in [3.05, 3.63) is 47.6 Å². The Morgan fingerprint density at radius 2 is 1.93 bits per heavy atom. The standard InChI is InChI=1S/C8H8N4.C7H8ClN3O4S2/c9-11-8-7-4-2-1-3-6(7)5-10-12-8;8-4-1-5-7(2-6(4)16(9,12)13)17(14,15)11-3-10-5/h1-5H,9H2,(H,11,12);1-2,10-11H,3H2,(H2,9,12,13). The third kappa shape index (κ3) is 4.55. The molecule has 0 fully saturated rings. The number of sulfonamides is 2. The molecule has 0 radical (unpaired) electrons. The van der Waals surface area contributed by atoms with Crippen LogP contribution in [0.3, 0.4) is 0 Å². The van der Waals surface area contributed by atoms with Gasteiger partial charge in [-0.15, -0.1) is 5.10 Å². The number of nitrogens with two attached hydrogens (primary N) is 2. The molecule has 0 atom stereocenters. The number of benzene rings is 2. The van der Waals surface area contributed by atoms with Crippen molar-refractivity contribution in [1.82, 2.24) is 14.9 Å². The van der Waals surface area contributed by atoms with Crippen LogP contribution >= 0.6 is 11.6 Å². The molecule has 7 N–H and O–H groups in total. The Morgan fingerprint density at radius 1 is 1.21 bits per heavy atom. The van der Waals surface area contributed by atoms with Crippen molar-refractivity contribution in [2.75, 3.05) is 17.4 Å². The number of rotatable bonds is 2. The van der Waals surface area contributed by atoms with E-state index < -0.39 is 24.9 Å². The molecule has 14 heteroatoms. The van der Waals surface area contributed by atoms with E-state index in [4.69, 9.17) is 22.6 Å². The highest BCUT2D eigenvalue weighted by atomic mass is 35.5. The molecule has 0 bridgehead atoms. The van der Waals surface area contributed by atoms with Crippen LogP contribution in [0.5, 0.6) is 0 Å². The van der Waals surface area contributed by atoms with Crippen LogP contribution in [0.2, 0.25) is 5.02 Å². The van der Waals surface area contributed by atoms with Crippen LogP contribution in [-0.2, 0) is 20.0 Å². The highest BCUT2D eigenvalue weighted by molar-refractivity contribution is 7.90. The molecule has 0 amide bonds. The van der Waals surface area contributed by atoms with E-state index in [-0.39, 0.29) is 22.3 Å². The number of hydrogen-bond donors (Lipinski definition) is 5. The maximum atomic E-state index is 11.6. The van der Waals surface area contributed by atoms with E-state index in [0.717, 1.165) is 16.8 Å². The lowest BCUT2D eigenvalue weighted by atomic mass is 10.2. The minimum Gasteiger partial charge on any atom is -0.370 e. The monoisotopic (exact) mass is 457 g/mol. The number of fused-ring (bicyclic) bond motifs is 2. The number of nitrogens with zero attached hydrogens (tertiary/aromatic N) is 2. The zero-order valence-corrected chi connectivity index (χ0v) is 17.0. The molecule has 4 rings (SSSR count). The van der Waals surface area contributed by atoms with Crippen molar-refractivity contribution in [2.45, 2.75) is 9.79 Å². The van der Waals surface area contributed by atoms with Gasteiger partial charge in [-0.1, -0.05) is 35.9 Å². The second-order valence-corrected chi connectivity index (χ2v) is 9.42. The molecule has 2 aromatic carbocycles. The van der Waals surface area contributed by atoms with Crippen LogP contribution in [0, 0.1) is 0 Å². The molecule has 2 heterocycles. The average molecular weight is 458 g/mol. The number of anilines is 2. The largest absolute Gasteiger partial charge is 0.370 e. The number of halogens is 1. The fourth-order valence-corrected chi connectivity index (χ4v) is 4.84. The third-order valence-corrected chi connectivity index (χ3v) is 6.70. The number of nitrogen functional groups attached to an aromatic ring is 1. The Balaban J connectivity index is 0.000000176. The zero-order chi connectivity index (χ0) is 21.2. The van der Waals surface area contributed by atoms with Crippen LogP contribution in [0.1, 0.15) is 0 Å². The lowest BCUT2D eigenvalue weighted by Crippen LogP contribution is -2.34. The van der Waals surface area contributed by atoms with Gasteiger partial charge >= 0.3 is 0 Å². The molecule has 1 aliphatic heterocycles. The normalized spacial score (nSPS) is 14.9. The summed E-state index contributed by atoms with van der Waals surface area (Å²) in [5.74, 6) is 5.87. The van der Waals surface area contributed by atoms with Crippen molar-refractivity contribution in [3.8, 4) is 0 Å². The maximum absolute atomic E-state index is 11.6. The summed E-state index contributed by atoms with van der Waals surface area (Å²) in [6.07, 6.45) is 1.70. The van der Waals surface area contributed by atoms with Crippen molar-refractivity contribution < 1.29 is 16.8 Å². The first kappa shape index (κ1) is 21.2. The van der Waals surface area contributed by atoms with Gasteiger partial charge in [0.25, 0.3) is 0 Å². The molecule has 29 heavy (non-hydrogen) atoms. The summed E-state index contributed by atoms with van der Waals surface area (Å²) in [6.45, 7) is 0.0143. The predicted octanol–water partition coefficient (Wildman–Crippen LogP) is 0.564. The molecule has 0 unspecified atom stereocenters.